The summed E-state index contributed by atoms with van der Waals surface area (Å²) in [4.78, 5) is 47.6. The minimum absolute atomic E-state index is 0.132. The van der Waals surface area contributed by atoms with Crippen LogP contribution in [0.25, 0.3) is 10.9 Å². The lowest BCUT2D eigenvalue weighted by atomic mass is 10.1. The van der Waals surface area contributed by atoms with Crippen molar-refractivity contribution in [2.24, 2.45) is 0 Å². The van der Waals surface area contributed by atoms with Gasteiger partial charge in [0, 0.05) is 13.0 Å². The van der Waals surface area contributed by atoms with Gasteiger partial charge in [0.1, 0.15) is 18.9 Å². The lowest BCUT2D eigenvalue weighted by Crippen LogP contribution is -3.14. The first-order valence-corrected chi connectivity index (χ1v) is 12.0. The minimum atomic E-state index is -0.625. The number of nitrogens with one attached hydrogen (secondary N) is 1. The number of carbonyl (C=O) groups excluding carboxylic acids is 2. The standard InChI is InChI=1S/C26H28N4O4/c1-2-22(30-25(32)18-8-3-4-9-19(18)26(30)33)23-27-21-11-6-5-10-20(21)24(31)29(23)13-7-12-28-14-16-34-17-15-28/h3-6,8-11,22H,2,7,12-17H2,1H3/p+1/t22-/m1/s1. The highest BCUT2D eigenvalue weighted by Crippen LogP contribution is 2.32. The summed E-state index contributed by atoms with van der Waals surface area (Å²) in [6, 6.07) is 13.5. The van der Waals surface area contributed by atoms with Crippen molar-refractivity contribution in [2.45, 2.75) is 32.4 Å². The molecule has 3 aromatic rings. The van der Waals surface area contributed by atoms with Crippen LogP contribution < -0.4 is 10.5 Å². The van der Waals surface area contributed by atoms with Gasteiger partial charge in [-0.1, -0.05) is 31.2 Å². The molecule has 1 atom stereocenters. The summed E-state index contributed by atoms with van der Waals surface area (Å²) in [7, 11) is 0. The molecule has 8 nitrogen and oxygen atoms in total. The molecule has 1 fully saturated rings. The number of aromatic nitrogens is 2. The molecule has 176 valence electrons. The molecule has 1 saturated heterocycles. The van der Waals surface area contributed by atoms with E-state index in [9.17, 15) is 14.4 Å². The lowest BCUT2D eigenvalue weighted by molar-refractivity contribution is -0.908. The molecule has 1 N–H and O–H groups in total. The van der Waals surface area contributed by atoms with Crippen LogP contribution in [0.2, 0.25) is 0 Å². The second kappa shape index (κ2) is 9.48. The van der Waals surface area contributed by atoms with Crippen LogP contribution in [-0.2, 0) is 11.3 Å². The van der Waals surface area contributed by atoms with Crippen molar-refractivity contribution in [2.75, 3.05) is 32.8 Å². The number of hydrogen-bond acceptors (Lipinski definition) is 5. The SMILES string of the molecule is CC[C@H](c1nc2ccccc2c(=O)n1CCC[NH+]1CCOCC1)N1C(=O)c2ccccc2C1=O. The quantitative estimate of drug-likeness (QED) is 0.539. The number of rotatable bonds is 7. The van der Waals surface area contributed by atoms with Crippen LogP contribution in [0.15, 0.2) is 53.3 Å². The maximum absolute atomic E-state index is 13.6. The maximum atomic E-state index is 13.6. The van der Waals surface area contributed by atoms with Crippen LogP contribution in [0.4, 0.5) is 0 Å². The Morgan fingerprint density at radius 2 is 1.62 bits per heavy atom. The first kappa shape index (κ1) is 22.4. The Bertz CT molecular complexity index is 1260. The Morgan fingerprint density at radius 1 is 0.971 bits per heavy atom. The van der Waals surface area contributed by atoms with Crippen molar-refractivity contribution in [3.8, 4) is 0 Å². The van der Waals surface area contributed by atoms with Crippen LogP contribution >= 0.6 is 0 Å². The number of benzene rings is 2. The molecule has 2 aromatic carbocycles. The molecule has 8 heteroatoms. The number of amides is 2. The summed E-state index contributed by atoms with van der Waals surface area (Å²) in [5, 5.41) is 0.544. The van der Waals surface area contributed by atoms with Gasteiger partial charge in [0.2, 0.25) is 0 Å². The molecule has 2 aliphatic rings. The van der Waals surface area contributed by atoms with Gasteiger partial charge in [-0.25, -0.2) is 4.98 Å². The average Bonchev–Trinajstić information content (AvgIpc) is 3.12. The summed E-state index contributed by atoms with van der Waals surface area (Å²) in [6.45, 7) is 6.76. The fourth-order valence-electron chi connectivity index (χ4n) is 5.02. The number of nitrogens with zero attached hydrogens (tertiary/aromatic N) is 3. The molecule has 0 unspecified atom stereocenters. The van der Waals surface area contributed by atoms with E-state index in [0.717, 1.165) is 39.3 Å². The topological polar surface area (TPSA) is 85.9 Å². The summed E-state index contributed by atoms with van der Waals surface area (Å²) >= 11 is 0. The zero-order chi connectivity index (χ0) is 23.7. The van der Waals surface area contributed by atoms with Crippen molar-refractivity contribution in [3.63, 3.8) is 0 Å². The third kappa shape index (κ3) is 3.93. The Labute approximate surface area is 197 Å². The largest absolute Gasteiger partial charge is 0.370 e. The summed E-state index contributed by atoms with van der Waals surface area (Å²) in [6.07, 6.45) is 1.26. The van der Waals surface area contributed by atoms with Gasteiger partial charge < -0.3 is 9.64 Å². The van der Waals surface area contributed by atoms with Crippen LogP contribution in [0, 0.1) is 0 Å². The molecule has 0 spiro atoms. The van der Waals surface area contributed by atoms with Crippen LogP contribution in [0.5, 0.6) is 0 Å². The van der Waals surface area contributed by atoms with Crippen LogP contribution in [-0.4, -0.2) is 59.1 Å². The van der Waals surface area contributed by atoms with Gasteiger partial charge in [-0.2, -0.15) is 0 Å². The Morgan fingerprint density at radius 3 is 2.29 bits per heavy atom. The molecule has 0 bridgehead atoms. The van der Waals surface area contributed by atoms with E-state index in [1.54, 1.807) is 41.0 Å². The molecule has 5 rings (SSSR count). The number of carbonyl (C=O) groups is 2. The average molecular weight is 462 g/mol. The highest BCUT2D eigenvalue weighted by Gasteiger charge is 2.41. The summed E-state index contributed by atoms with van der Waals surface area (Å²) in [5.74, 6) is -0.198. The van der Waals surface area contributed by atoms with E-state index in [2.05, 4.69) is 0 Å². The highest BCUT2D eigenvalue weighted by atomic mass is 16.5. The number of quaternary nitrogens is 1. The molecule has 2 amide bonds. The molecule has 0 radical (unpaired) electrons. The second-order valence-corrected chi connectivity index (χ2v) is 8.86. The molecule has 0 saturated carbocycles. The number of hydrogen-bond donors (Lipinski definition) is 1. The first-order chi connectivity index (χ1) is 16.6. The van der Waals surface area contributed by atoms with Crippen molar-refractivity contribution in [1.82, 2.24) is 14.5 Å². The minimum Gasteiger partial charge on any atom is -0.370 e. The Hall–Kier alpha value is -3.36. The van der Waals surface area contributed by atoms with Crippen LogP contribution in [0.3, 0.4) is 0 Å². The maximum Gasteiger partial charge on any atom is 0.262 e. The molecule has 0 aliphatic carbocycles. The van der Waals surface area contributed by atoms with Crippen molar-refractivity contribution in [3.05, 3.63) is 75.8 Å². The van der Waals surface area contributed by atoms with E-state index in [1.165, 1.54) is 9.80 Å². The van der Waals surface area contributed by atoms with Gasteiger partial charge >= 0.3 is 0 Å². The van der Waals surface area contributed by atoms with E-state index in [0.29, 0.717) is 40.8 Å². The van der Waals surface area contributed by atoms with Crippen molar-refractivity contribution >= 4 is 22.7 Å². The smallest absolute Gasteiger partial charge is 0.262 e. The third-order valence-electron chi connectivity index (χ3n) is 6.83. The molecular formula is C26H29N4O4+. The second-order valence-electron chi connectivity index (χ2n) is 8.86. The Kier molecular flexibility index (Phi) is 6.26. The zero-order valence-electron chi connectivity index (χ0n) is 19.3. The van der Waals surface area contributed by atoms with E-state index in [4.69, 9.17) is 9.72 Å². The first-order valence-electron chi connectivity index (χ1n) is 12.0. The molecule has 34 heavy (non-hydrogen) atoms. The molecule has 2 aliphatic heterocycles. The van der Waals surface area contributed by atoms with E-state index >= 15 is 0 Å². The third-order valence-corrected chi connectivity index (χ3v) is 6.83. The summed E-state index contributed by atoms with van der Waals surface area (Å²) < 4.78 is 7.13. The normalized spacial score (nSPS) is 17.4. The van der Waals surface area contributed by atoms with E-state index < -0.39 is 6.04 Å². The fraction of sp³-hybridized carbons (Fsp3) is 0.385. The number of para-hydroxylation sites is 1. The fourth-order valence-corrected chi connectivity index (χ4v) is 5.02. The van der Waals surface area contributed by atoms with Crippen molar-refractivity contribution < 1.29 is 19.2 Å². The monoisotopic (exact) mass is 461 g/mol. The van der Waals surface area contributed by atoms with E-state index in [1.807, 2.05) is 19.1 Å². The van der Waals surface area contributed by atoms with Crippen molar-refractivity contribution in [1.29, 1.82) is 0 Å². The number of ether oxygens (including phenoxy) is 1. The summed E-state index contributed by atoms with van der Waals surface area (Å²) in [5.41, 5.74) is 1.24. The molecule has 1 aromatic heterocycles. The number of fused-ring (bicyclic) bond motifs is 2. The van der Waals surface area contributed by atoms with Gasteiger partial charge in [-0.05, 0) is 30.7 Å². The highest BCUT2D eigenvalue weighted by molar-refractivity contribution is 6.21. The predicted octanol–water partition coefficient (Wildman–Crippen LogP) is 1.45. The predicted molar refractivity (Wildman–Crippen MR) is 127 cm³/mol. The number of imide groups is 1. The van der Waals surface area contributed by atoms with Gasteiger partial charge in [-0.3, -0.25) is 23.9 Å². The molecular weight excluding hydrogens is 432 g/mol. The van der Waals surface area contributed by atoms with E-state index in [-0.39, 0.29) is 17.4 Å². The van der Waals surface area contributed by atoms with Gasteiger partial charge in [0.05, 0.1) is 47.8 Å². The van der Waals surface area contributed by atoms with Gasteiger partial charge in [-0.15, -0.1) is 0 Å². The van der Waals surface area contributed by atoms with Gasteiger partial charge in [0.15, 0.2) is 0 Å². The van der Waals surface area contributed by atoms with Gasteiger partial charge in [0.25, 0.3) is 17.4 Å². The zero-order valence-corrected chi connectivity index (χ0v) is 19.3. The Balaban J connectivity index is 1.53. The molecule has 3 heterocycles. The number of morpholine rings is 1. The van der Waals surface area contributed by atoms with Crippen LogP contribution in [0.1, 0.15) is 52.3 Å². The lowest BCUT2D eigenvalue weighted by Gasteiger charge is -2.28.